The summed E-state index contributed by atoms with van der Waals surface area (Å²) in [6.45, 7) is 1.79. The van der Waals surface area contributed by atoms with E-state index in [9.17, 15) is 14.4 Å². The Balaban J connectivity index is 2.27. The number of rotatable bonds is 6. The summed E-state index contributed by atoms with van der Waals surface area (Å²) in [5, 5.41) is 12.7. The summed E-state index contributed by atoms with van der Waals surface area (Å²) in [6, 6.07) is 5.42. The normalized spacial score (nSPS) is 12.0. The van der Waals surface area contributed by atoms with Gasteiger partial charge in [-0.3, -0.25) is 4.79 Å². The van der Waals surface area contributed by atoms with Crippen LogP contribution in [0.1, 0.15) is 18.4 Å². The van der Waals surface area contributed by atoms with Gasteiger partial charge in [-0.25, -0.2) is 9.59 Å². The molecule has 7 heteroatoms. The quantitative estimate of drug-likeness (QED) is 0.690. The van der Waals surface area contributed by atoms with Crippen molar-refractivity contribution in [2.45, 2.75) is 25.8 Å². The maximum Gasteiger partial charge on any atom is 0.336 e. The van der Waals surface area contributed by atoms with E-state index in [1.54, 1.807) is 25.1 Å². The van der Waals surface area contributed by atoms with E-state index in [2.05, 4.69) is 5.32 Å². The van der Waals surface area contributed by atoms with Crippen LogP contribution >= 0.6 is 0 Å². The van der Waals surface area contributed by atoms with E-state index < -0.39 is 23.5 Å². The molecular weight excluding hydrogens is 288 g/mol. The Bertz CT molecular complexity index is 781. The molecule has 0 spiro atoms. The minimum absolute atomic E-state index is 0.0360. The van der Waals surface area contributed by atoms with Crippen LogP contribution in [-0.4, -0.2) is 23.0 Å². The van der Waals surface area contributed by atoms with Crippen molar-refractivity contribution < 1.29 is 19.1 Å². The van der Waals surface area contributed by atoms with Gasteiger partial charge in [0.1, 0.15) is 11.6 Å². The Labute approximate surface area is 125 Å². The fourth-order valence-electron chi connectivity index (χ4n) is 2.16. The van der Waals surface area contributed by atoms with Gasteiger partial charge in [0.2, 0.25) is 5.91 Å². The number of nitrogens with one attached hydrogen (secondary N) is 1. The van der Waals surface area contributed by atoms with Gasteiger partial charge >= 0.3 is 11.6 Å². The van der Waals surface area contributed by atoms with E-state index in [-0.39, 0.29) is 12.8 Å². The van der Waals surface area contributed by atoms with Crippen molar-refractivity contribution in [3.63, 3.8) is 0 Å². The monoisotopic (exact) mass is 304 g/mol. The first-order chi connectivity index (χ1) is 10.4. The van der Waals surface area contributed by atoms with Crippen LogP contribution in [0.4, 0.5) is 5.69 Å². The molecule has 0 aliphatic carbocycles. The third kappa shape index (κ3) is 3.63. The van der Waals surface area contributed by atoms with E-state index in [1.807, 2.05) is 0 Å². The second-order valence-electron chi connectivity index (χ2n) is 5.00. The lowest BCUT2D eigenvalue weighted by molar-refractivity contribution is -0.138. The van der Waals surface area contributed by atoms with Crippen molar-refractivity contribution in [2.24, 2.45) is 5.73 Å². The number of carboxylic acid groups (broad SMARTS) is 1. The molecule has 116 valence electrons. The van der Waals surface area contributed by atoms with Gasteiger partial charge in [0.15, 0.2) is 0 Å². The van der Waals surface area contributed by atoms with Crippen LogP contribution in [0.5, 0.6) is 0 Å². The van der Waals surface area contributed by atoms with Crippen molar-refractivity contribution >= 4 is 28.5 Å². The number of aliphatic carboxylic acids is 1. The van der Waals surface area contributed by atoms with Crippen LogP contribution in [0, 0.1) is 6.92 Å². The van der Waals surface area contributed by atoms with Gasteiger partial charge in [-0.2, -0.15) is 0 Å². The molecule has 0 aliphatic heterocycles. The van der Waals surface area contributed by atoms with Crippen LogP contribution in [0.3, 0.4) is 0 Å². The maximum atomic E-state index is 11.4. The summed E-state index contributed by atoms with van der Waals surface area (Å²) in [5.74, 6) is -1.65. The predicted octanol–water partition coefficient (Wildman–Crippen LogP) is 1.23. The second kappa shape index (κ2) is 6.30. The van der Waals surface area contributed by atoms with Crippen molar-refractivity contribution in [1.82, 2.24) is 0 Å². The Morgan fingerprint density at radius 2 is 2.09 bits per heavy atom. The van der Waals surface area contributed by atoms with Crippen LogP contribution in [-0.2, 0) is 9.59 Å². The predicted molar refractivity (Wildman–Crippen MR) is 80.7 cm³/mol. The van der Waals surface area contributed by atoms with Crippen LogP contribution in [0.2, 0.25) is 0 Å². The molecule has 1 atom stereocenters. The van der Waals surface area contributed by atoms with Gasteiger partial charge in [0.05, 0.1) is 0 Å². The highest BCUT2D eigenvalue weighted by atomic mass is 16.4. The Morgan fingerprint density at radius 3 is 2.73 bits per heavy atom. The van der Waals surface area contributed by atoms with E-state index in [4.69, 9.17) is 15.3 Å². The summed E-state index contributed by atoms with van der Waals surface area (Å²) >= 11 is 0. The third-order valence-electron chi connectivity index (χ3n) is 3.27. The SMILES string of the molecule is Cc1cc(=O)oc2cc(N[C@H](CCC(N)=O)C(=O)O)ccc12. The number of hydrogen-bond donors (Lipinski definition) is 3. The molecule has 22 heavy (non-hydrogen) atoms. The van der Waals surface area contributed by atoms with E-state index >= 15 is 0 Å². The molecule has 0 radical (unpaired) electrons. The number of benzene rings is 1. The lowest BCUT2D eigenvalue weighted by Gasteiger charge is -2.15. The summed E-state index contributed by atoms with van der Waals surface area (Å²) in [4.78, 5) is 33.4. The minimum atomic E-state index is -1.09. The first-order valence-corrected chi connectivity index (χ1v) is 6.69. The molecule has 0 saturated carbocycles. The summed E-state index contributed by atoms with van der Waals surface area (Å²) in [5.41, 5.74) is 6.20. The molecule has 2 rings (SSSR count). The van der Waals surface area contributed by atoms with Gasteiger partial charge < -0.3 is 20.6 Å². The fourth-order valence-corrected chi connectivity index (χ4v) is 2.16. The summed E-state index contributed by atoms with van der Waals surface area (Å²) in [6.07, 6.45) is 0.0339. The number of hydrogen-bond acceptors (Lipinski definition) is 5. The highest BCUT2D eigenvalue weighted by molar-refractivity contribution is 5.85. The largest absolute Gasteiger partial charge is 0.480 e. The smallest absolute Gasteiger partial charge is 0.336 e. The molecule has 1 aromatic carbocycles. The molecular formula is C15H16N2O5. The molecule has 7 nitrogen and oxygen atoms in total. The number of primary amides is 1. The molecule has 2 aromatic rings. The number of fused-ring (bicyclic) bond motifs is 1. The molecule has 0 unspecified atom stereocenters. The van der Waals surface area contributed by atoms with Gasteiger partial charge in [0, 0.05) is 29.6 Å². The topological polar surface area (TPSA) is 123 Å². The lowest BCUT2D eigenvalue weighted by Crippen LogP contribution is -2.30. The zero-order valence-electron chi connectivity index (χ0n) is 12.0. The van der Waals surface area contributed by atoms with E-state index in [0.717, 1.165) is 10.9 Å². The molecule has 1 heterocycles. The molecule has 0 aliphatic rings. The molecule has 0 saturated heterocycles. The van der Waals surface area contributed by atoms with Crippen LogP contribution < -0.4 is 16.7 Å². The zero-order chi connectivity index (χ0) is 16.3. The lowest BCUT2D eigenvalue weighted by atomic mass is 10.1. The molecule has 0 bridgehead atoms. The number of carbonyl (C=O) groups excluding carboxylic acids is 1. The van der Waals surface area contributed by atoms with Crippen LogP contribution in [0.25, 0.3) is 11.0 Å². The average molecular weight is 304 g/mol. The number of carboxylic acids is 1. The van der Waals surface area contributed by atoms with E-state index in [1.165, 1.54) is 6.07 Å². The minimum Gasteiger partial charge on any atom is -0.480 e. The van der Waals surface area contributed by atoms with Gasteiger partial charge in [-0.1, -0.05) is 0 Å². The second-order valence-corrected chi connectivity index (χ2v) is 5.00. The fraction of sp³-hybridized carbons (Fsp3) is 0.267. The molecule has 4 N–H and O–H groups in total. The molecule has 0 fully saturated rings. The average Bonchev–Trinajstić information content (AvgIpc) is 2.42. The highest BCUT2D eigenvalue weighted by Crippen LogP contribution is 2.21. The standard InChI is InChI=1S/C15H16N2O5/c1-8-6-14(19)22-12-7-9(2-3-10(8)12)17-11(15(20)21)4-5-13(16)18/h2-3,6-7,11,17H,4-5H2,1H3,(H2,16,18)(H,20,21)/t11-/m1/s1. The Morgan fingerprint density at radius 1 is 1.36 bits per heavy atom. The van der Waals surface area contributed by atoms with Gasteiger partial charge in [-0.05, 0) is 31.0 Å². The highest BCUT2D eigenvalue weighted by Gasteiger charge is 2.18. The van der Waals surface area contributed by atoms with E-state index in [0.29, 0.717) is 11.3 Å². The Hall–Kier alpha value is -2.83. The first-order valence-electron chi connectivity index (χ1n) is 6.69. The molecule has 1 amide bonds. The maximum absolute atomic E-state index is 11.4. The number of amides is 1. The third-order valence-corrected chi connectivity index (χ3v) is 3.27. The summed E-state index contributed by atoms with van der Waals surface area (Å²) < 4.78 is 5.11. The molecule has 1 aromatic heterocycles. The first kappa shape index (κ1) is 15.6. The number of anilines is 1. The number of nitrogens with two attached hydrogens (primary N) is 1. The number of carbonyl (C=O) groups is 2. The van der Waals surface area contributed by atoms with Crippen molar-refractivity contribution in [3.8, 4) is 0 Å². The van der Waals surface area contributed by atoms with Crippen LogP contribution in [0.15, 0.2) is 33.5 Å². The Kier molecular flexibility index (Phi) is 4.45. The van der Waals surface area contributed by atoms with Gasteiger partial charge in [0.25, 0.3) is 0 Å². The van der Waals surface area contributed by atoms with Crippen molar-refractivity contribution in [1.29, 1.82) is 0 Å². The number of aryl methyl sites for hydroxylation is 1. The zero-order valence-corrected chi connectivity index (χ0v) is 12.0. The summed E-state index contributed by atoms with van der Waals surface area (Å²) in [7, 11) is 0. The van der Waals surface area contributed by atoms with Crippen molar-refractivity contribution in [2.75, 3.05) is 5.32 Å². The van der Waals surface area contributed by atoms with Gasteiger partial charge in [-0.15, -0.1) is 0 Å². The van der Waals surface area contributed by atoms with Crippen molar-refractivity contribution in [3.05, 3.63) is 40.2 Å².